The molecule has 1 aliphatic carbocycles. The molecule has 0 amide bonds. The maximum Gasteiger partial charge on any atom is 0.196 e. The molecule has 0 fully saturated rings. The Kier molecular flexibility index (Phi) is 2.63. The van der Waals surface area contributed by atoms with Crippen LogP contribution in [0.25, 0.3) is 0 Å². The molecule has 1 aromatic rings. The number of benzene rings is 1. The Morgan fingerprint density at radius 1 is 0.833 bits per heavy atom. The first-order valence-corrected chi connectivity index (χ1v) is 5.27. The number of allylic oxidation sites excluding steroid dienone is 2. The zero-order valence-electron chi connectivity index (χ0n) is 9.69. The van der Waals surface area contributed by atoms with E-state index in [1.54, 1.807) is 24.3 Å². The van der Waals surface area contributed by atoms with Crippen molar-refractivity contribution in [2.24, 2.45) is 11.5 Å². The fraction of sp³-hybridized carbons (Fsp3) is 0. The summed E-state index contributed by atoms with van der Waals surface area (Å²) in [6.45, 7) is 7.04. The molecule has 0 spiro atoms. The van der Waals surface area contributed by atoms with E-state index in [4.69, 9.17) is 11.5 Å². The summed E-state index contributed by atoms with van der Waals surface area (Å²) in [5.41, 5.74) is 11.9. The Morgan fingerprint density at radius 3 is 1.44 bits per heavy atom. The number of Topliss-reactive ketones (excluding diaryl/α,β-unsaturated/α-hetero) is 2. The average molecular weight is 240 g/mol. The lowest BCUT2D eigenvalue weighted by Crippen LogP contribution is -2.27. The molecule has 0 radical (unpaired) electrons. The fourth-order valence-electron chi connectivity index (χ4n) is 1.99. The van der Waals surface area contributed by atoms with Gasteiger partial charge in [-0.15, -0.1) is 0 Å². The van der Waals surface area contributed by atoms with Crippen LogP contribution in [0.2, 0.25) is 0 Å². The summed E-state index contributed by atoms with van der Waals surface area (Å²) in [4.78, 5) is 24.5. The summed E-state index contributed by atoms with van der Waals surface area (Å²) in [5, 5.41) is 0. The molecule has 4 N–H and O–H groups in total. The zero-order valence-corrected chi connectivity index (χ0v) is 9.69. The van der Waals surface area contributed by atoms with Crippen LogP contribution in [0.15, 0.2) is 60.0 Å². The molecule has 1 aliphatic rings. The molecule has 4 heteroatoms. The third-order valence-corrected chi connectivity index (χ3v) is 2.76. The Labute approximate surface area is 104 Å². The van der Waals surface area contributed by atoms with E-state index in [2.05, 4.69) is 13.2 Å². The lowest BCUT2D eigenvalue weighted by atomic mass is 9.82. The van der Waals surface area contributed by atoms with Crippen molar-refractivity contribution in [2.45, 2.75) is 0 Å². The number of rotatable bonds is 2. The van der Waals surface area contributed by atoms with Gasteiger partial charge in [0, 0.05) is 22.5 Å². The normalized spacial score (nSPS) is 14.4. The van der Waals surface area contributed by atoms with Gasteiger partial charge in [-0.2, -0.15) is 0 Å². The van der Waals surface area contributed by atoms with Gasteiger partial charge in [-0.3, -0.25) is 9.59 Å². The summed E-state index contributed by atoms with van der Waals surface area (Å²) >= 11 is 0. The van der Waals surface area contributed by atoms with E-state index in [9.17, 15) is 9.59 Å². The second-order valence-electron chi connectivity index (χ2n) is 4.00. The SMILES string of the molecule is C=C(N)C1=C(C(=C)N)C(=O)c2ccccc2C1=O. The van der Waals surface area contributed by atoms with Crippen LogP contribution in [0.4, 0.5) is 0 Å². The van der Waals surface area contributed by atoms with E-state index >= 15 is 0 Å². The average Bonchev–Trinajstić information content (AvgIpc) is 2.32. The van der Waals surface area contributed by atoms with E-state index in [-0.39, 0.29) is 34.1 Å². The lowest BCUT2D eigenvalue weighted by Gasteiger charge is -2.20. The van der Waals surface area contributed by atoms with Gasteiger partial charge in [0.15, 0.2) is 11.6 Å². The van der Waals surface area contributed by atoms with Gasteiger partial charge in [0.25, 0.3) is 0 Å². The first-order valence-electron chi connectivity index (χ1n) is 5.27. The zero-order chi connectivity index (χ0) is 13.4. The second kappa shape index (κ2) is 4.00. The molecule has 0 saturated heterocycles. The van der Waals surface area contributed by atoms with Crippen molar-refractivity contribution in [2.75, 3.05) is 0 Å². The molecule has 90 valence electrons. The topological polar surface area (TPSA) is 86.2 Å². The highest BCUT2D eigenvalue weighted by Crippen LogP contribution is 2.30. The number of hydrogen-bond donors (Lipinski definition) is 2. The first kappa shape index (κ1) is 11.9. The first-order chi connectivity index (χ1) is 8.45. The molecular weight excluding hydrogens is 228 g/mol. The van der Waals surface area contributed by atoms with Crippen molar-refractivity contribution in [3.63, 3.8) is 0 Å². The number of ketones is 2. The minimum atomic E-state index is -0.348. The van der Waals surface area contributed by atoms with E-state index in [1.807, 2.05) is 0 Å². The van der Waals surface area contributed by atoms with Crippen LogP contribution >= 0.6 is 0 Å². The van der Waals surface area contributed by atoms with E-state index in [1.165, 1.54) is 0 Å². The maximum absolute atomic E-state index is 12.3. The molecule has 0 heterocycles. The number of hydrogen-bond acceptors (Lipinski definition) is 4. The van der Waals surface area contributed by atoms with Crippen molar-refractivity contribution < 1.29 is 9.59 Å². The van der Waals surface area contributed by atoms with Gasteiger partial charge in [-0.1, -0.05) is 37.4 Å². The van der Waals surface area contributed by atoms with Gasteiger partial charge in [0.1, 0.15) is 0 Å². The summed E-state index contributed by atoms with van der Waals surface area (Å²) in [6.07, 6.45) is 0. The van der Waals surface area contributed by atoms with Crippen LogP contribution in [0, 0.1) is 0 Å². The van der Waals surface area contributed by atoms with Crippen molar-refractivity contribution in [3.8, 4) is 0 Å². The third-order valence-electron chi connectivity index (χ3n) is 2.76. The van der Waals surface area contributed by atoms with E-state index in [0.29, 0.717) is 11.1 Å². The molecule has 0 aliphatic heterocycles. The van der Waals surface area contributed by atoms with E-state index < -0.39 is 0 Å². The largest absolute Gasteiger partial charge is 0.399 e. The number of carbonyl (C=O) groups is 2. The molecule has 0 saturated carbocycles. The number of fused-ring (bicyclic) bond motifs is 1. The van der Waals surface area contributed by atoms with Gasteiger partial charge in [-0.25, -0.2) is 0 Å². The summed E-state index contributed by atoms with van der Waals surface area (Å²) in [5.74, 6) is -0.696. The highest BCUT2D eigenvalue weighted by molar-refractivity contribution is 6.29. The Bertz CT molecular complexity index is 584. The molecule has 0 atom stereocenters. The van der Waals surface area contributed by atoms with Crippen molar-refractivity contribution >= 4 is 11.6 Å². The van der Waals surface area contributed by atoms with Crippen LogP contribution < -0.4 is 11.5 Å². The monoisotopic (exact) mass is 240 g/mol. The van der Waals surface area contributed by atoms with Crippen molar-refractivity contribution in [3.05, 3.63) is 71.1 Å². The lowest BCUT2D eigenvalue weighted by molar-refractivity contribution is 0.0978. The molecule has 4 nitrogen and oxygen atoms in total. The van der Waals surface area contributed by atoms with Crippen molar-refractivity contribution in [1.29, 1.82) is 0 Å². The molecule has 18 heavy (non-hydrogen) atoms. The van der Waals surface area contributed by atoms with Gasteiger partial charge >= 0.3 is 0 Å². The molecule has 0 bridgehead atoms. The predicted molar refractivity (Wildman–Crippen MR) is 68.8 cm³/mol. The van der Waals surface area contributed by atoms with Crippen LogP contribution in [0.5, 0.6) is 0 Å². The third kappa shape index (κ3) is 1.55. The summed E-state index contributed by atoms with van der Waals surface area (Å²) < 4.78 is 0. The Balaban J connectivity index is 2.80. The molecule has 2 rings (SSSR count). The standard InChI is InChI=1S/C14H12N2O2/c1-7(15)11-12(8(2)16)14(18)10-6-4-3-5-9(10)13(11)17/h3-6H,1-2,15-16H2. The van der Waals surface area contributed by atoms with Gasteiger partial charge in [-0.05, 0) is 0 Å². The van der Waals surface area contributed by atoms with Gasteiger partial charge < -0.3 is 11.5 Å². The predicted octanol–water partition coefficient (Wildman–Crippen LogP) is 1.31. The number of nitrogens with two attached hydrogens (primary N) is 2. The highest BCUT2D eigenvalue weighted by Gasteiger charge is 2.33. The summed E-state index contributed by atoms with van der Waals surface area (Å²) in [7, 11) is 0. The molecule has 0 unspecified atom stereocenters. The molecular formula is C14H12N2O2. The fourth-order valence-corrected chi connectivity index (χ4v) is 1.99. The summed E-state index contributed by atoms with van der Waals surface area (Å²) in [6, 6.07) is 6.52. The Morgan fingerprint density at radius 2 is 1.17 bits per heavy atom. The molecule has 1 aromatic carbocycles. The van der Waals surface area contributed by atoms with Crippen LogP contribution in [0.1, 0.15) is 20.7 Å². The quantitative estimate of drug-likeness (QED) is 0.816. The van der Waals surface area contributed by atoms with E-state index in [0.717, 1.165) is 0 Å². The smallest absolute Gasteiger partial charge is 0.196 e. The maximum atomic E-state index is 12.3. The highest BCUT2D eigenvalue weighted by atomic mass is 16.1. The van der Waals surface area contributed by atoms with Gasteiger partial charge in [0.05, 0.1) is 11.1 Å². The molecule has 0 aromatic heterocycles. The van der Waals surface area contributed by atoms with Crippen molar-refractivity contribution in [1.82, 2.24) is 0 Å². The Hall–Kier alpha value is -2.62. The van der Waals surface area contributed by atoms with Crippen LogP contribution in [0.3, 0.4) is 0 Å². The second-order valence-corrected chi connectivity index (χ2v) is 4.00. The van der Waals surface area contributed by atoms with Gasteiger partial charge in [0.2, 0.25) is 0 Å². The van der Waals surface area contributed by atoms with Crippen LogP contribution in [-0.2, 0) is 0 Å². The van der Waals surface area contributed by atoms with Crippen LogP contribution in [-0.4, -0.2) is 11.6 Å². The number of carbonyl (C=O) groups excluding carboxylic acids is 2. The minimum Gasteiger partial charge on any atom is -0.399 e. The minimum absolute atomic E-state index is 0.0180.